The van der Waals surface area contributed by atoms with E-state index in [1.807, 2.05) is 18.2 Å². The Morgan fingerprint density at radius 2 is 1.92 bits per heavy atom. The third kappa shape index (κ3) is 2.32. The molecule has 0 spiro atoms. The van der Waals surface area contributed by atoms with Gasteiger partial charge in [0.2, 0.25) is 0 Å². The molecule has 0 atom stereocenters. The summed E-state index contributed by atoms with van der Waals surface area (Å²) in [5.74, 6) is 0. The molecule has 0 fully saturated rings. The first kappa shape index (κ1) is 9.74. The highest BCUT2D eigenvalue weighted by Gasteiger charge is 2.01. The van der Waals surface area contributed by atoms with Crippen LogP contribution < -0.4 is 0 Å². The molecule has 0 saturated heterocycles. The molecule has 1 rings (SSSR count). The molecule has 0 aliphatic heterocycles. The monoisotopic (exact) mass is 291 g/mol. The van der Waals surface area contributed by atoms with Crippen molar-refractivity contribution in [3.05, 3.63) is 32.7 Å². The minimum Gasteiger partial charge on any atom is -0.411 e. The predicted octanol–water partition coefficient (Wildman–Crippen LogP) is 3.21. The van der Waals surface area contributed by atoms with Crippen LogP contribution in [0.4, 0.5) is 0 Å². The molecule has 1 aromatic carbocycles. The van der Waals surface area contributed by atoms with Crippen LogP contribution in [0.5, 0.6) is 0 Å². The normalized spacial score (nSPS) is 10.8. The molecule has 0 heterocycles. The third-order valence-electron chi connectivity index (χ3n) is 1.44. The molecule has 12 heavy (non-hydrogen) atoms. The van der Waals surface area contributed by atoms with Gasteiger partial charge < -0.3 is 5.21 Å². The first-order valence-electron chi connectivity index (χ1n) is 3.34. The van der Waals surface area contributed by atoms with Gasteiger partial charge in [-0.25, -0.2) is 0 Å². The van der Waals surface area contributed by atoms with Crippen LogP contribution in [0.3, 0.4) is 0 Å². The maximum atomic E-state index is 8.25. The smallest absolute Gasteiger partial charge is 0.0480 e. The summed E-state index contributed by atoms with van der Waals surface area (Å²) in [4.78, 5) is 0. The molecule has 0 saturated carbocycles. The van der Waals surface area contributed by atoms with Gasteiger partial charge in [0.1, 0.15) is 0 Å². The van der Waals surface area contributed by atoms with Crippen molar-refractivity contribution in [1.29, 1.82) is 0 Å². The summed E-state index contributed by atoms with van der Waals surface area (Å²) in [6.07, 6.45) is 2.06. The molecular formula is C8H7Br2NO. The van der Waals surface area contributed by atoms with Crippen molar-refractivity contribution in [3.8, 4) is 0 Å². The molecule has 0 aliphatic rings. The second kappa shape index (κ2) is 4.62. The van der Waals surface area contributed by atoms with E-state index in [1.165, 1.54) is 6.21 Å². The molecule has 1 aromatic rings. The fourth-order valence-electron chi connectivity index (χ4n) is 0.859. The molecule has 0 aromatic heterocycles. The molecule has 0 aliphatic carbocycles. The lowest BCUT2D eigenvalue weighted by Gasteiger charge is -2.02. The summed E-state index contributed by atoms with van der Waals surface area (Å²) in [6, 6.07) is 5.84. The van der Waals surface area contributed by atoms with Crippen molar-refractivity contribution in [2.24, 2.45) is 5.16 Å². The number of hydrogen-bond acceptors (Lipinski definition) is 2. The Bertz CT molecular complexity index is 279. The SMILES string of the molecule is ON=CCc1c(Br)cccc1Br. The Hall–Kier alpha value is -0.350. The molecule has 0 amide bonds. The van der Waals surface area contributed by atoms with Gasteiger partial charge in [-0.05, 0) is 17.7 Å². The van der Waals surface area contributed by atoms with Crippen LogP contribution in [-0.4, -0.2) is 11.4 Å². The summed E-state index contributed by atoms with van der Waals surface area (Å²) < 4.78 is 2.02. The van der Waals surface area contributed by atoms with E-state index < -0.39 is 0 Å². The Labute approximate surface area is 87.5 Å². The molecule has 1 N–H and O–H groups in total. The quantitative estimate of drug-likeness (QED) is 0.507. The standard InChI is InChI=1S/C8H7Br2NO/c9-7-2-1-3-8(10)6(7)4-5-11-12/h1-3,5,12H,4H2. The Kier molecular flexibility index (Phi) is 3.75. The van der Waals surface area contributed by atoms with Gasteiger partial charge in [0.25, 0.3) is 0 Å². The molecular weight excluding hydrogens is 286 g/mol. The Morgan fingerprint density at radius 1 is 1.33 bits per heavy atom. The highest BCUT2D eigenvalue weighted by Crippen LogP contribution is 2.24. The average Bonchev–Trinajstić information content (AvgIpc) is 2.04. The molecule has 0 unspecified atom stereocenters. The van der Waals surface area contributed by atoms with Gasteiger partial charge in [0, 0.05) is 21.6 Å². The fourth-order valence-corrected chi connectivity index (χ4v) is 2.18. The van der Waals surface area contributed by atoms with Crippen molar-refractivity contribution < 1.29 is 5.21 Å². The van der Waals surface area contributed by atoms with E-state index in [2.05, 4.69) is 37.0 Å². The second-order valence-electron chi connectivity index (χ2n) is 2.20. The number of hydrogen-bond donors (Lipinski definition) is 1. The number of benzene rings is 1. The van der Waals surface area contributed by atoms with Crippen molar-refractivity contribution in [3.63, 3.8) is 0 Å². The van der Waals surface area contributed by atoms with Crippen molar-refractivity contribution >= 4 is 38.1 Å². The zero-order valence-electron chi connectivity index (χ0n) is 6.17. The van der Waals surface area contributed by atoms with E-state index in [0.717, 1.165) is 14.5 Å². The lowest BCUT2D eigenvalue weighted by molar-refractivity contribution is 0.321. The lowest BCUT2D eigenvalue weighted by atomic mass is 10.2. The van der Waals surface area contributed by atoms with Crippen LogP contribution in [0.25, 0.3) is 0 Å². The fraction of sp³-hybridized carbons (Fsp3) is 0.125. The van der Waals surface area contributed by atoms with Gasteiger partial charge in [-0.3, -0.25) is 0 Å². The van der Waals surface area contributed by atoms with Crippen LogP contribution in [0, 0.1) is 0 Å². The molecule has 0 radical (unpaired) electrons. The van der Waals surface area contributed by atoms with Crippen LogP contribution in [0.2, 0.25) is 0 Å². The summed E-state index contributed by atoms with van der Waals surface area (Å²) >= 11 is 6.81. The van der Waals surface area contributed by atoms with E-state index in [0.29, 0.717) is 6.42 Å². The summed E-state index contributed by atoms with van der Waals surface area (Å²) in [6.45, 7) is 0. The van der Waals surface area contributed by atoms with Crippen LogP contribution in [-0.2, 0) is 6.42 Å². The minimum atomic E-state index is 0.610. The average molecular weight is 293 g/mol. The summed E-state index contributed by atoms with van der Waals surface area (Å²) in [5.41, 5.74) is 1.08. The molecule has 2 nitrogen and oxygen atoms in total. The highest BCUT2D eigenvalue weighted by molar-refractivity contribution is 9.11. The molecule has 64 valence electrons. The first-order chi connectivity index (χ1) is 5.75. The predicted molar refractivity (Wildman–Crippen MR) is 55.8 cm³/mol. The van der Waals surface area contributed by atoms with Gasteiger partial charge in [-0.1, -0.05) is 37.9 Å². The second-order valence-corrected chi connectivity index (χ2v) is 3.91. The van der Waals surface area contributed by atoms with Gasteiger partial charge in [-0.2, -0.15) is 0 Å². The summed E-state index contributed by atoms with van der Waals surface area (Å²) in [7, 11) is 0. The van der Waals surface area contributed by atoms with E-state index in [1.54, 1.807) is 0 Å². The van der Waals surface area contributed by atoms with E-state index in [-0.39, 0.29) is 0 Å². The number of halogens is 2. The Balaban J connectivity index is 2.96. The van der Waals surface area contributed by atoms with Gasteiger partial charge in [-0.15, -0.1) is 5.16 Å². The first-order valence-corrected chi connectivity index (χ1v) is 4.93. The minimum absolute atomic E-state index is 0.610. The zero-order chi connectivity index (χ0) is 8.97. The van der Waals surface area contributed by atoms with E-state index in [4.69, 9.17) is 5.21 Å². The summed E-state index contributed by atoms with van der Waals surface area (Å²) in [5, 5.41) is 11.2. The molecule has 4 heteroatoms. The van der Waals surface area contributed by atoms with E-state index >= 15 is 0 Å². The Morgan fingerprint density at radius 3 is 2.42 bits per heavy atom. The number of rotatable bonds is 2. The van der Waals surface area contributed by atoms with Crippen LogP contribution >= 0.6 is 31.9 Å². The maximum absolute atomic E-state index is 8.25. The van der Waals surface area contributed by atoms with Crippen molar-refractivity contribution in [1.82, 2.24) is 0 Å². The zero-order valence-corrected chi connectivity index (χ0v) is 9.34. The van der Waals surface area contributed by atoms with Gasteiger partial charge >= 0.3 is 0 Å². The van der Waals surface area contributed by atoms with Gasteiger partial charge in [0.05, 0.1) is 0 Å². The number of oxime groups is 1. The van der Waals surface area contributed by atoms with E-state index in [9.17, 15) is 0 Å². The highest BCUT2D eigenvalue weighted by atomic mass is 79.9. The molecule has 0 bridgehead atoms. The van der Waals surface area contributed by atoms with Crippen LogP contribution in [0.1, 0.15) is 5.56 Å². The van der Waals surface area contributed by atoms with Crippen LogP contribution in [0.15, 0.2) is 32.3 Å². The van der Waals surface area contributed by atoms with Crippen molar-refractivity contribution in [2.45, 2.75) is 6.42 Å². The number of nitrogens with zero attached hydrogens (tertiary/aromatic N) is 1. The maximum Gasteiger partial charge on any atom is 0.0480 e. The van der Waals surface area contributed by atoms with Crippen molar-refractivity contribution in [2.75, 3.05) is 0 Å². The van der Waals surface area contributed by atoms with Gasteiger partial charge in [0.15, 0.2) is 0 Å². The lowest BCUT2D eigenvalue weighted by Crippen LogP contribution is -1.89. The third-order valence-corrected chi connectivity index (χ3v) is 2.92. The topological polar surface area (TPSA) is 32.6 Å². The largest absolute Gasteiger partial charge is 0.411 e.